The SMILES string of the molecule is F/C=C/C=C/c1ccccc1. The van der Waals surface area contributed by atoms with Gasteiger partial charge in [-0.3, -0.25) is 0 Å². The van der Waals surface area contributed by atoms with Crippen LogP contribution in [0, 0.1) is 0 Å². The van der Waals surface area contributed by atoms with E-state index in [1.165, 1.54) is 6.08 Å². The van der Waals surface area contributed by atoms with Gasteiger partial charge in [-0.05, 0) is 11.6 Å². The molecule has 0 nitrogen and oxygen atoms in total. The van der Waals surface area contributed by atoms with E-state index in [1.807, 2.05) is 36.4 Å². The van der Waals surface area contributed by atoms with Crippen LogP contribution in [-0.4, -0.2) is 0 Å². The van der Waals surface area contributed by atoms with Crippen molar-refractivity contribution in [2.24, 2.45) is 0 Å². The molecule has 1 rings (SSSR count). The third-order valence-corrected chi connectivity index (χ3v) is 1.27. The second-order valence-electron chi connectivity index (χ2n) is 2.09. The first-order chi connectivity index (χ1) is 5.43. The van der Waals surface area contributed by atoms with Crippen LogP contribution in [0.25, 0.3) is 6.08 Å². The Bertz CT molecular complexity index is 247. The average molecular weight is 148 g/mol. The Labute approximate surface area is 65.7 Å². The molecule has 0 aliphatic carbocycles. The predicted molar refractivity (Wildman–Crippen MR) is 45.7 cm³/mol. The van der Waals surface area contributed by atoms with Gasteiger partial charge in [-0.1, -0.05) is 42.5 Å². The quantitative estimate of drug-likeness (QED) is 0.565. The number of allylic oxidation sites excluding steroid dienone is 2. The average Bonchev–Trinajstić information content (AvgIpc) is 2.07. The molecule has 1 aromatic carbocycles. The van der Waals surface area contributed by atoms with Crippen molar-refractivity contribution in [2.45, 2.75) is 0 Å². The minimum absolute atomic E-state index is 0.513. The first kappa shape index (κ1) is 7.73. The zero-order valence-electron chi connectivity index (χ0n) is 6.07. The molecular weight excluding hydrogens is 139 g/mol. The van der Waals surface area contributed by atoms with Crippen molar-refractivity contribution >= 4 is 6.08 Å². The van der Waals surface area contributed by atoms with Gasteiger partial charge in [0, 0.05) is 0 Å². The third-order valence-electron chi connectivity index (χ3n) is 1.27. The molecule has 0 radical (unpaired) electrons. The fourth-order valence-electron chi connectivity index (χ4n) is 0.773. The minimum atomic E-state index is 0.513. The van der Waals surface area contributed by atoms with Crippen LogP contribution < -0.4 is 0 Å². The summed E-state index contributed by atoms with van der Waals surface area (Å²) >= 11 is 0. The zero-order valence-corrected chi connectivity index (χ0v) is 6.07. The van der Waals surface area contributed by atoms with Crippen LogP contribution >= 0.6 is 0 Å². The van der Waals surface area contributed by atoms with E-state index in [2.05, 4.69) is 0 Å². The standard InChI is InChI=1S/C10H9F/c11-9-5-4-8-10-6-2-1-3-7-10/h1-9H/b8-4+,9-5+. The molecule has 0 aliphatic heterocycles. The zero-order chi connectivity index (χ0) is 7.94. The number of hydrogen-bond donors (Lipinski definition) is 0. The van der Waals surface area contributed by atoms with E-state index in [0.717, 1.165) is 5.56 Å². The maximum atomic E-state index is 11.5. The molecule has 0 saturated carbocycles. The fraction of sp³-hybridized carbons (Fsp3) is 0. The molecule has 11 heavy (non-hydrogen) atoms. The van der Waals surface area contributed by atoms with Crippen LogP contribution in [0.15, 0.2) is 48.8 Å². The Morgan fingerprint density at radius 2 is 1.73 bits per heavy atom. The van der Waals surface area contributed by atoms with Crippen LogP contribution in [0.1, 0.15) is 5.56 Å². The van der Waals surface area contributed by atoms with Crippen molar-refractivity contribution < 1.29 is 4.39 Å². The predicted octanol–water partition coefficient (Wildman–Crippen LogP) is 3.18. The molecule has 0 bridgehead atoms. The van der Waals surface area contributed by atoms with Crippen LogP contribution in [0.5, 0.6) is 0 Å². The summed E-state index contributed by atoms with van der Waals surface area (Å²) in [5.41, 5.74) is 1.07. The van der Waals surface area contributed by atoms with Crippen molar-refractivity contribution in [3.05, 3.63) is 54.4 Å². The highest BCUT2D eigenvalue weighted by molar-refractivity contribution is 5.50. The maximum Gasteiger partial charge on any atom is 0.0866 e. The Morgan fingerprint density at radius 3 is 2.36 bits per heavy atom. The molecule has 0 amide bonds. The number of hydrogen-bond acceptors (Lipinski definition) is 0. The molecule has 0 saturated heterocycles. The number of benzene rings is 1. The first-order valence-corrected chi connectivity index (χ1v) is 3.42. The molecule has 0 aliphatic rings. The van der Waals surface area contributed by atoms with Gasteiger partial charge in [0.05, 0.1) is 6.33 Å². The van der Waals surface area contributed by atoms with Crippen LogP contribution in [0.2, 0.25) is 0 Å². The van der Waals surface area contributed by atoms with E-state index < -0.39 is 0 Å². The van der Waals surface area contributed by atoms with Gasteiger partial charge in [-0.15, -0.1) is 0 Å². The van der Waals surface area contributed by atoms with Gasteiger partial charge >= 0.3 is 0 Å². The van der Waals surface area contributed by atoms with Crippen molar-refractivity contribution in [1.29, 1.82) is 0 Å². The highest BCUT2D eigenvalue weighted by Crippen LogP contribution is 2.00. The van der Waals surface area contributed by atoms with Crippen molar-refractivity contribution in [3.63, 3.8) is 0 Å². The summed E-state index contributed by atoms with van der Waals surface area (Å²) in [5, 5.41) is 0. The van der Waals surface area contributed by atoms with Gasteiger partial charge in [0.25, 0.3) is 0 Å². The van der Waals surface area contributed by atoms with Gasteiger partial charge in [0.2, 0.25) is 0 Å². The molecule has 0 N–H and O–H groups in total. The van der Waals surface area contributed by atoms with Gasteiger partial charge in [0.15, 0.2) is 0 Å². The molecule has 0 atom stereocenters. The lowest BCUT2D eigenvalue weighted by Crippen LogP contribution is -1.66. The van der Waals surface area contributed by atoms with Gasteiger partial charge < -0.3 is 0 Å². The molecule has 0 heterocycles. The van der Waals surface area contributed by atoms with Crippen LogP contribution in [-0.2, 0) is 0 Å². The topological polar surface area (TPSA) is 0 Å². The summed E-state index contributed by atoms with van der Waals surface area (Å²) in [6.07, 6.45) is 5.37. The summed E-state index contributed by atoms with van der Waals surface area (Å²) in [4.78, 5) is 0. The molecule has 1 aromatic rings. The lowest BCUT2D eigenvalue weighted by molar-refractivity contribution is 0.721. The van der Waals surface area contributed by atoms with E-state index in [1.54, 1.807) is 6.08 Å². The Hall–Kier alpha value is -1.37. The molecule has 1 heteroatoms. The highest BCUT2D eigenvalue weighted by atomic mass is 19.1. The maximum absolute atomic E-state index is 11.5. The van der Waals surface area contributed by atoms with Crippen molar-refractivity contribution in [3.8, 4) is 0 Å². The van der Waals surface area contributed by atoms with Gasteiger partial charge in [0.1, 0.15) is 0 Å². The molecular formula is C10H9F. The van der Waals surface area contributed by atoms with Crippen LogP contribution in [0.4, 0.5) is 4.39 Å². The van der Waals surface area contributed by atoms with Crippen molar-refractivity contribution in [1.82, 2.24) is 0 Å². The molecule has 0 spiro atoms. The van der Waals surface area contributed by atoms with E-state index >= 15 is 0 Å². The third kappa shape index (κ3) is 2.80. The van der Waals surface area contributed by atoms with E-state index in [4.69, 9.17) is 0 Å². The Morgan fingerprint density at radius 1 is 1.00 bits per heavy atom. The Balaban J connectivity index is 2.64. The van der Waals surface area contributed by atoms with Crippen LogP contribution in [0.3, 0.4) is 0 Å². The molecule has 0 fully saturated rings. The summed E-state index contributed by atoms with van der Waals surface area (Å²) in [6, 6.07) is 9.76. The van der Waals surface area contributed by atoms with Crippen molar-refractivity contribution in [2.75, 3.05) is 0 Å². The lowest BCUT2D eigenvalue weighted by atomic mass is 10.2. The highest BCUT2D eigenvalue weighted by Gasteiger charge is 1.78. The molecule has 0 aromatic heterocycles. The molecule has 0 unspecified atom stereocenters. The monoisotopic (exact) mass is 148 g/mol. The van der Waals surface area contributed by atoms with E-state index in [9.17, 15) is 4.39 Å². The van der Waals surface area contributed by atoms with Gasteiger partial charge in [-0.25, -0.2) is 4.39 Å². The fourth-order valence-corrected chi connectivity index (χ4v) is 0.773. The number of rotatable bonds is 2. The summed E-state index contributed by atoms with van der Waals surface area (Å²) in [6.45, 7) is 0. The van der Waals surface area contributed by atoms with Gasteiger partial charge in [-0.2, -0.15) is 0 Å². The lowest BCUT2D eigenvalue weighted by Gasteiger charge is -1.87. The molecule has 56 valence electrons. The van der Waals surface area contributed by atoms with E-state index in [-0.39, 0.29) is 0 Å². The normalized spacial score (nSPS) is 11.4. The number of halogens is 1. The van der Waals surface area contributed by atoms with E-state index in [0.29, 0.717) is 6.33 Å². The second kappa shape index (κ2) is 4.45. The largest absolute Gasteiger partial charge is 0.216 e. The summed E-state index contributed by atoms with van der Waals surface area (Å²) < 4.78 is 11.5. The Kier molecular flexibility index (Phi) is 3.13. The smallest absolute Gasteiger partial charge is 0.0866 e. The second-order valence-corrected chi connectivity index (χ2v) is 2.09. The minimum Gasteiger partial charge on any atom is -0.216 e. The summed E-state index contributed by atoms with van der Waals surface area (Å²) in [5.74, 6) is 0. The summed E-state index contributed by atoms with van der Waals surface area (Å²) in [7, 11) is 0. The first-order valence-electron chi connectivity index (χ1n) is 3.42.